The van der Waals surface area contributed by atoms with Crippen LogP contribution in [0.5, 0.6) is 0 Å². The van der Waals surface area contributed by atoms with Crippen LogP contribution in [0.2, 0.25) is 0 Å². The monoisotopic (exact) mass is 235 g/mol. The quantitative estimate of drug-likeness (QED) is 0.563. The molecule has 0 aliphatic carbocycles. The molecule has 1 nitrogen and oxygen atoms in total. The summed E-state index contributed by atoms with van der Waals surface area (Å²) in [7, 11) is 2.08. The maximum atomic E-state index is 2.16. The van der Waals surface area contributed by atoms with Crippen LogP contribution < -0.4 is 0 Å². The first-order valence-corrected chi connectivity index (χ1v) is 6.80. The minimum Gasteiger partial charge on any atom is -0.350 e. The molecular weight excluding hydrogens is 206 g/mol. The summed E-state index contributed by atoms with van der Waals surface area (Å²) < 4.78 is 2.16. The molecule has 2 rings (SSSR count). The Balaban J connectivity index is 0. The summed E-state index contributed by atoms with van der Waals surface area (Å²) in [5.41, 5.74) is 2.66. The summed E-state index contributed by atoms with van der Waals surface area (Å²) in [5, 5.41) is 1.36. The fourth-order valence-electron chi connectivity index (χ4n) is 1.54. The van der Waals surface area contributed by atoms with Crippen LogP contribution in [0.1, 0.15) is 47.1 Å². The van der Waals surface area contributed by atoms with Gasteiger partial charge in [0.1, 0.15) is 0 Å². The van der Waals surface area contributed by atoms with Crippen LogP contribution >= 0.6 is 0 Å². The summed E-state index contributed by atoms with van der Waals surface area (Å²) in [4.78, 5) is 0. The van der Waals surface area contributed by atoms with Gasteiger partial charge in [-0.2, -0.15) is 0 Å². The Kier molecular flexibility index (Phi) is 12.0. The number of nitrogens with zero attached hydrogens (tertiary/aromatic N) is 1. The van der Waals surface area contributed by atoms with Gasteiger partial charge < -0.3 is 4.57 Å². The van der Waals surface area contributed by atoms with Crippen molar-refractivity contribution in [3.63, 3.8) is 0 Å². The van der Waals surface area contributed by atoms with E-state index in [0.717, 1.165) is 0 Å². The zero-order chi connectivity index (χ0) is 13.8. The van der Waals surface area contributed by atoms with Crippen molar-refractivity contribution in [2.75, 3.05) is 0 Å². The molecule has 1 aromatic carbocycles. The van der Waals surface area contributed by atoms with Gasteiger partial charge in [-0.05, 0) is 18.6 Å². The number of para-hydroxylation sites is 1. The molecule has 0 radical (unpaired) electrons. The Labute approximate surface area is 107 Å². The lowest BCUT2D eigenvalue weighted by Crippen LogP contribution is -1.81. The number of aromatic nitrogens is 1. The van der Waals surface area contributed by atoms with Crippen molar-refractivity contribution in [3.8, 4) is 0 Å². The van der Waals surface area contributed by atoms with Gasteiger partial charge in [0.2, 0.25) is 0 Å². The second-order valence-electron chi connectivity index (χ2n) is 2.94. The Bertz CT molecular complexity index is 349. The largest absolute Gasteiger partial charge is 0.350 e. The van der Waals surface area contributed by atoms with E-state index in [1.54, 1.807) is 0 Å². The molecule has 0 amide bonds. The first-order chi connectivity index (χ1) is 8.29. The maximum absolute atomic E-state index is 2.16. The van der Waals surface area contributed by atoms with Gasteiger partial charge in [0, 0.05) is 24.1 Å². The maximum Gasteiger partial charge on any atom is 0.0480 e. The molecule has 0 atom stereocenters. The summed E-state index contributed by atoms with van der Waals surface area (Å²) in [6.45, 7) is 14.1. The van der Waals surface area contributed by atoms with Crippen molar-refractivity contribution >= 4 is 10.9 Å². The summed E-state index contributed by atoms with van der Waals surface area (Å²) in [6.07, 6.45) is 2.16. The topological polar surface area (TPSA) is 4.93 Å². The first kappa shape index (κ1) is 18.1. The van der Waals surface area contributed by atoms with Crippen LogP contribution in [-0.4, -0.2) is 4.57 Å². The summed E-state index contributed by atoms with van der Waals surface area (Å²) in [5.74, 6) is 0. The number of rotatable bonds is 0. The lowest BCUT2D eigenvalue weighted by molar-refractivity contribution is 0.964. The lowest BCUT2D eigenvalue weighted by atomic mass is 10.2. The highest BCUT2D eigenvalue weighted by molar-refractivity contribution is 5.83. The number of benzene rings is 1. The van der Waals surface area contributed by atoms with Gasteiger partial charge in [0.15, 0.2) is 0 Å². The van der Waals surface area contributed by atoms with Gasteiger partial charge in [0.05, 0.1) is 0 Å². The minimum absolute atomic E-state index is 1.31. The molecular formula is C16H29N. The minimum atomic E-state index is 1.31. The van der Waals surface area contributed by atoms with E-state index in [-0.39, 0.29) is 0 Å². The molecule has 17 heavy (non-hydrogen) atoms. The molecule has 1 aromatic heterocycles. The predicted octanol–water partition coefficient (Wildman–Crippen LogP) is 5.57. The molecule has 0 spiro atoms. The van der Waals surface area contributed by atoms with E-state index in [0.29, 0.717) is 0 Å². The van der Waals surface area contributed by atoms with Gasteiger partial charge in [-0.25, -0.2) is 0 Å². The molecule has 0 unspecified atom stereocenters. The average molecular weight is 235 g/mol. The molecule has 0 fully saturated rings. The molecule has 0 aliphatic rings. The normalized spacial score (nSPS) is 8.00. The van der Waals surface area contributed by atoms with E-state index in [4.69, 9.17) is 0 Å². The van der Waals surface area contributed by atoms with Gasteiger partial charge in [-0.15, -0.1) is 0 Å². The fraction of sp³-hybridized carbons (Fsp3) is 0.500. The van der Waals surface area contributed by atoms with Crippen molar-refractivity contribution in [1.29, 1.82) is 0 Å². The second kappa shape index (κ2) is 11.3. The molecule has 1 heterocycles. The van der Waals surface area contributed by atoms with Crippen molar-refractivity contribution in [1.82, 2.24) is 4.57 Å². The van der Waals surface area contributed by atoms with Gasteiger partial charge >= 0.3 is 0 Å². The van der Waals surface area contributed by atoms with Crippen LogP contribution in [0, 0.1) is 6.92 Å². The molecule has 98 valence electrons. The van der Waals surface area contributed by atoms with Gasteiger partial charge in [0.25, 0.3) is 0 Å². The van der Waals surface area contributed by atoms with Crippen LogP contribution in [0.15, 0.2) is 30.5 Å². The Hall–Kier alpha value is -1.24. The number of hydrogen-bond acceptors (Lipinski definition) is 0. The van der Waals surface area contributed by atoms with Gasteiger partial charge in [-0.1, -0.05) is 59.7 Å². The molecule has 0 N–H and O–H groups in total. The Morgan fingerprint density at radius 2 is 1.29 bits per heavy atom. The van der Waals surface area contributed by atoms with E-state index in [1.165, 1.54) is 16.5 Å². The number of fused-ring (bicyclic) bond motifs is 1. The SMILES string of the molecule is CC.CC.CC.Cc1cn(C)c2ccccc12. The van der Waals surface area contributed by atoms with E-state index >= 15 is 0 Å². The highest BCUT2D eigenvalue weighted by Crippen LogP contribution is 2.18. The highest BCUT2D eigenvalue weighted by atomic mass is 14.9. The third-order valence-corrected chi connectivity index (χ3v) is 2.10. The smallest absolute Gasteiger partial charge is 0.0480 e. The summed E-state index contributed by atoms with van der Waals surface area (Å²) in [6, 6.07) is 8.45. The van der Waals surface area contributed by atoms with Crippen molar-refractivity contribution in [2.45, 2.75) is 48.5 Å². The zero-order valence-corrected chi connectivity index (χ0v) is 12.8. The molecule has 0 bridgehead atoms. The fourth-order valence-corrected chi connectivity index (χ4v) is 1.54. The standard InChI is InChI=1S/C10H11N.3C2H6/c1-8-7-11(2)10-6-4-3-5-9(8)10;3*1-2/h3-7H,1-2H3;3*1-2H3. The molecule has 2 aromatic rings. The second-order valence-corrected chi connectivity index (χ2v) is 2.94. The number of aryl methyl sites for hydroxylation is 2. The molecule has 0 aliphatic heterocycles. The van der Waals surface area contributed by atoms with Crippen molar-refractivity contribution in [3.05, 3.63) is 36.0 Å². The molecule has 0 saturated carbocycles. The lowest BCUT2D eigenvalue weighted by Gasteiger charge is -1.92. The Morgan fingerprint density at radius 1 is 0.824 bits per heavy atom. The third-order valence-electron chi connectivity index (χ3n) is 2.10. The van der Waals surface area contributed by atoms with Crippen molar-refractivity contribution < 1.29 is 0 Å². The molecule has 1 heteroatoms. The molecule has 0 saturated heterocycles. The number of hydrogen-bond donors (Lipinski definition) is 0. The zero-order valence-electron chi connectivity index (χ0n) is 12.8. The van der Waals surface area contributed by atoms with E-state index in [2.05, 4.69) is 49.0 Å². The summed E-state index contributed by atoms with van der Waals surface area (Å²) >= 11 is 0. The van der Waals surface area contributed by atoms with Gasteiger partial charge in [-0.3, -0.25) is 0 Å². The average Bonchev–Trinajstić information content (AvgIpc) is 2.73. The third kappa shape index (κ3) is 5.08. The van der Waals surface area contributed by atoms with E-state index in [9.17, 15) is 0 Å². The van der Waals surface area contributed by atoms with E-state index in [1.807, 2.05) is 41.5 Å². The van der Waals surface area contributed by atoms with Crippen LogP contribution in [0.3, 0.4) is 0 Å². The van der Waals surface area contributed by atoms with Crippen molar-refractivity contribution in [2.24, 2.45) is 7.05 Å². The van der Waals surface area contributed by atoms with Crippen LogP contribution in [-0.2, 0) is 7.05 Å². The Morgan fingerprint density at radius 3 is 1.76 bits per heavy atom. The highest BCUT2D eigenvalue weighted by Gasteiger charge is 1.98. The van der Waals surface area contributed by atoms with E-state index < -0.39 is 0 Å². The first-order valence-electron chi connectivity index (χ1n) is 6.80. The van der Waals surface area contributed by atoms with Crippen LogP contribution in [0.4, 0.5) is 0 Å². The van der Waals surface area contributed by atoms with Crippen LogP contribution in [0.25, 0.3) is 10.9 Å². The predicted molar refractivity (Wildman–Crippen MR) is 81.7 cm³/mol.